The van der Waals surface area contributed by atoms with E-state index in [0.717, 1.165) is 55.6 Å². The van der Waals surface area contributed by atoms with Gasteiger partial charge in [0.2, 0.25) is 0 Å². The highest BCUT2D eigenvalue weighted by atomic mass is 16.3. The number of rotatable bonds is 4. The zero-order valence-electron chi connectivity index (χ0n) is 20.3. The summed E-state index contributed by atoms with van der Waals surface area (Å²) >= 11 is 0. The van der Waals surface area contributed by atoms with E-state index in [-0.39, 0.29) is 11.5 Å². The first kappa shape index (κ1) is 22.7. The number of hydrogen-bond donors (Lipinski definition) is 2. The van der Waals surface area contributed by atoms with Crippen LogP contribution in [0.15, 0.2) is 72.8 Å². The minimum Gasteiger partial charge on any atom is -0.507 e. The van der Waals surface area contributed by atoms with Crippen molar-refractivity contribution in [2.24, 2.45) is 0 Å². The van der Waals surface area contributed by atoms with Gasteiger partial charge in [0, 0.05) is 16.5 Å². The molecule has 0 aliphatic carbocycles. The average Bonchev–Trinajstić information content (AvgIpc) is 2.80. The van der Waals surface area contributed by atoms with E-state index in [1.807, 2.05) is 50.2 Å². The Morgan fingerprint density at radius 1 is 0.545 bits per heavy atom. The SMILES string of the molecule is Cc1cc(C(C)(C)c2cc(C)c(-c3ccccc3)c(C)c2O)c(O)c(C)c1-c1ccccc1. The first-order chi connectivity index (χ1) is 15.6. The summed E-state index contributed by atoms with van der Waals surface area (Å²) in [5.74, 6) is 0.567. The van der Waals surface area contributed by atoms with Crippen LogP contribution in [0.2, 0.25) is 0 Å². The third kappa shape index (κ3) is 3.80. The van der Waals surface area contributed by atoms with Crippen LogP contribution in [0.4, 0.5) is 0 Å². The van der Waals surface area contributed by atoms with Gasteiger partial charge in [-0.1, -0.05) is 86.6 Å². The van der Waals surface area contributed by atoms with Crippen LogP contribution >= 0.6 is 0 Å². The van der Waals surface area contributed by atoms with Crippen molar-refractivity contribution < 1.29 is 10.2 Å². The molecule has 4 aromatic rings. The van der Waals surface area contributed by atoms with Gasteiger partial charge >= 0.3 is 0 Å². The quantitative estimate of drug-likeness (QED) is 0.340. The maximum absolute atomic E-state index is 11.3. The van der Waals surface area contributed by atoms with E-state index in [1.54, 1.807) is 0 Å². The van der Waals surface area contributed by atoms with Crippen molar-refractivity contribution in [3.05, 3.63) is 106 Å². The van der Waals surface area contributed by atoms with E-state index < -0.39 is 5.41 Å². The lowest BCUT2D eigenvalue weighted by molar-refractivity contribution is 0.431. The highest BCUT2D eigenvalue weighted by Gasteiger charge is 2.32. The van der Waals surface area contributed by atoms with E-state index in [9.17, 15) is 10.2 Å². The summed E-state index contributed by atoms with van der Waals surface area (Å²) in [5.41, 5.74) is 9.27. The maximum atomic E-state index is 11.3. The Balaban J connectivity index is 1.89. The molecule has 2 N–H and O–H groups in total. The molecule has 4 rings (SSSR count). The van der Waals surface area contributed by atoms with Crippen LogP contribution in [-0.2, 0) is 5.41 Å². The van der Waals surface area contributed by atoms with E-state index in [4.69, 9.17) is 0 Å². The van der Waals surface area contributed by atoms with Crippen LogP contribution in [0.1, 0.15) is 47.2 Å². The summed E-state index contributed by atoms with van der Waals surface area (Å²) in [6.07, 6.45) is 0. The molecule has 0 aliphatic heterocycles. The predicted molar refractivity (Wildman–Crippen MR) is 138 cm³/mol. The molecule has 0 radical (unpaired) electrons. The lowest BCUT2D eigenvalue weighted by atomic mass is 9.73. The Hall–Kier alpha value is -3.52. The van der Waals surface area contributed by atoms with Crippen molar-refractivity contribution in [1.29, 1.82) is 0 Å². The Morgan fingerprint density at radius 2 is 0.879 bits per heavy atom. The molecule has 0 heterocycles. The number of hydrogen-bond acceptors (Lipinski definition) is 2. The van der Waals surface area contributed by atoms with Crippen LogP contribution < -0.4 is 0 Å². The number of aryl methyl sites for hydroxylation is 2. The van der Waals surface area contributed by atoms with E-state index in [2.05, 4.69) is 64.1 Å². The van der Waals surface area contributed by atoms with Crippen LogP contribution in [0, 0.1) is 27.7 Å². The summed E-state index contributed by atoms with van der Waals surface area (Å²) in [5, 5.41) is 22.7. The minimum absolute atomic E-state index is 0.284. The molecule has 0 spiro atoms. The molecule has 0 unspecified atom stereocenters. The molecule has 0 saturated carbocycles. The smallest absolute Gasteiger partial charge is 0.123 e. The van der Waals surface area contributed by atoms with Crippen LogP contribution in [-0.4, -0.2) is 10.2 Å². The molecule has 0 fully saturated rings. The van der Waals surface area contributed by atoms with Crippen LogP contribution in [0.3, 0.4) is 0 Å². The van der Waals surface area contributed by atoms with Gasteiger partial charge in [-0.2, -0.15) is 0 Å². The largest absolute Gasteiger partial charge is 0.507 e. The summed E-state index contributed by atoms with van der Waals surface area (Å²) in [6, 6.07) is 24.5. The first-order valence-corrected chi connectivity index (χ1v) is 11.4. The molecule has 4 aromatic carbocycles. The predicted octanol–water partition coefficient (Wildman–Crippen LogP) is 7.99. The molecule has 0 saturated heterocycles. The third-order valence-electron chi connectivity index (χ3n) is 6.95. The van der Waals surface area contributed by atoms with E-state index in [0.29, 0.717) is 0 Å². The lowest BCUT2D eigenvalue weighted by Crippen LogP contribution is -2.21. The molecule has 0 aromatic heterocycles. The summed E-state index contributed by atoms with van der Waals surface area (Å²) in [7, 11) is 0. The molecule has 0 atom stereocenters. The summed E-state index contributed by atoms with van der Waals surface area (Å²) < 4.78 is 0. The zero-order valence-corrected chi connectivity index (χ0v) is 20.3. The van der Waals surface area contributed by atoms with Crippen molar-refractivity contribution in [2.45, 2.75) is 47.0 Å². The molecule has 0 bridgehead atoms. The average molecular weight is 437 g/mol. The van der Waals surface area contributed by atoms with Crippen molar-refractivity contribution in [2.75, 3.05) is 0 Å². The molecule has 0 aliphatic rings. The number of benzene rings is 4. The van der Waals surface area contributed by atoms with E-state index in [1.165, 1.54) is 0 Å². The fraction of sp³-hybridized carbons (Fsp3) is 0.226. The highest BCUT2D eigenvalue weighted by Crippen LogP contribution is 2.47. The fourth-order valence-electron chi connectivity index (χ4n) is 5.14. The van der Waals surface area contributed by atoms with Crippen molar-refractivity contribution in [3.8, 4) is 33.8 Å². The Labute approximate surface area is 197 Å². The van der Waals surface area contributed by atoms with Gasteiger partial charge in [-0.3, -0.25) is 0 Å². The van der Waals surface area contributed by atoms with Gasteiger partial charge in [0.25, 0.3) is 0 Å². The van der Waals surface area contributed by atoms with Gasteiger partial charge in [-0.25, -0.2) is 0 Å². The van der Waals surface area contributed by atoms with Crippen molar-refractivity contribution in [3.63, 3.8) is 0 Å². The number of aromatic hydroxyl groups is 2. The van der Waals surface area contributed by atoms with Gasteiger partial charge in [0.05, 0.1) is 0 Å². The van der Waals surface area contributed by atoms with Gasteiger partial charge in [-0.15, -0.1) is 0 Å². The second-order valence-corrected chi connectivity index (χ2v) is 9.54. The number of phenolic OH excluding ortho intramolecular Hbond substituents is 2. The van der Waals surface area contributed by atoms with Gasteiger partial charge in [-0.05, 0) is 72.2 Å². The van der Waals surface area contributed by atoms with Crippen LogP contribution in [0.5, 0.6) is 11.5 Å². The first-order valence-electron chi connectivity index (χ1n) is 11.4. The van der Waals surface area contributed by atoms with Crippen LogP contribution in [0.25, 0.3) is 22.3 Å². The van der Waals surface area contributed by atoms with Gasteiger partial charge < -0.3 is 10.2 Å². The second-order valence-electron chi connectivity index (χ2n) is 9.54. The highest BCUT2D eigenvalue weighted by molar-refractivity contribution is 5.77. The lowest BCUT2D eigenvalue weighted by Gasteiger charge is -2.31. The zero-order chi connectivity index (χ0) is 23.9. The normalized spacial score (nSPS) is 11.6. The Morgan fingerprint density at radius 3 is 1.21 bits per heavy atom. The van der Waals surface area contributed by atoms with Crippen molar-refractivity contribution in [1.82, 2.24) is 0 Å². The molecule has 2 heteroatoms. The van der Waals surface area contributed by atoms with Gasteiger partial charge in [0.1, 0.15) is 11.5 Å². The Bertz CT molecular complexity index is 1210. The Kier molecular flexibility index (Phi) is 5.80. The minimum atomic E-state index is -0.594. The standard InChI is InChI=1S/C31H32O2/c1-19-17-25(29(32)21(3)27(19)23-13-9-7-10-14-23)31(5,6)26-18-20(2)28(22(4)30(26)33)24-15-11-8-12-16-24/h7-18,32-33H,1-6H3. The molecule has 168 valence electrons. The number of phenols is 2. The third-order valence-corrected chi connectivity index (χ3v) is 6.95. The molecular weight excluding hydrogens is 404 g/mol. The molecular formula is C31H32O2. The maximum Gasteiger partial charge on any atom is 0.123 e. The second kappa shape index (κ2) is 8.44. The molecule has 33 heavy (non-hydrogen) atoms. The summed E-state index contributed by atoms with van der Waals surface area (Å²) in [4.78, 5) is 0. The van der Waals surface area contributed by atoms with E-state index >= 15 is 0 Å². The molecule has 0 amide bonds. The van der Waals surface area contributed by atoms with Gasteiger partial charge in [0.15, 0.2) is 0 Å². The van der Waals surface area contributed by atoms with Crippen molar-refractivity contribution >= 4 is 0 Å². The monoisotopic (exact) mass is 436 g/mol. The summed E-state index contributed by atoms with van der Waals surface area (Å²) in [6.45, 7) is 12.3. The fourth-order valence-corrected chi connectivity index (χ4v) is 5.14. The molecule has 2 nitrogen and oxygen atoms in total. The topological polar surface area (TPSA) is 40.5 Å².